The first-order valence-electron chi connectivity index (χ1n) is 7.38. The van der Waals surface area contributed by atoms with Gasteiger partial charge in [-0.1, -0.05) is 42.5 Å². The Kier molecular flexibility index (Phi) is 3.91. The average molecular weight is 280 g/mol. The highest BCUT2D eigenvalue weighted by atomic mass is 16.2. The van der Waals surface area contributed by atoms with Gasteiger partial charge in [-0.25, -0.2) is 0 Å². The van der Waals surface area contributed by atoms with Gasteiger partial charge < -0.3 is 10.2 Å². The minimum absolute atomic E-state index is 0.160. The Bertz CT molecular complexity index is 651. The van der Waals surface area contributed by atoms with Crippen molar-refractivity contribution in [2.45, 2.75) is 19.9 Å². The van der Waals surface area contributed by atoms with Gasteiger partial charge in [-0.3, -0.25) is 4.79 Å². The monoisotopic (exact) mass is 280 g/mol. The molecule has 3 rings (SSSR count). The van der Waals surface area contributed by atoms with Crippen LogP contribution in [0.2, 0.25) is 0 Å². The Labute approximate surface area is 125 Å². The molecule has 0 radical (unpaired) electrons. The molecule has 21 heavy (non-hydrogen) atoms. The minimum Gasteiger partial charge on any atom is -0.376 e. The van der Waals surface area contributed by atoms with Gasteiger partial charge in [0, 0.05) is 18.8 Å². The molecule has 1 aliphatic heterocycles. The molecule has 0 fully saturated rings. The predicted octanol–water partition coefficient (Wildman–Crippen LogP) is 2.99. The molecule has 1 heterocycles. The number of aryl methyl sites for hydroxylation is 1. The second kappa shape index (κ2) is 6.00. The van der Waals surface area contributed by atoms with Crippen molar-refractivity contribution in [3.05, 3.63) is 65.2 Å². The summed E-state index contributed by atoms with van der Waals surface area (Å²) in [5.74, 6) is 0.160. The van der Waals surface area contributed by atoms with E-state index in [1.54, 1.807) is 0 Å². The molecule has 108 valence electrons. The van der Waals surface area contributed by atoms with E-state index in [0.717, 1.165) is 30.8 Å². The molecule has 1 N–H and O–H groups in total. The van der Waals surface area contributed by atoms with Gasteiger partial charge in [-0.2, -0.15) is 0 Å². The summed E-state index contributed by atoms with van der Waals surface area (Å²) in [5.41, 5.74) is 4.83. The molecule has 0 aliphatic carbocycles. The number of fused-ring (bicyclic) bond motifs is 1. The number of carbonyl (C=O) groups excluding carboxylic acids is 1. The highest BCUT2D eigenvalue weighted by Gasteiger charge is 2.19. The number of carbonyl (C=O) groups is 1. The first-order valence-corrected chi connectivity index (χ1v) is 7.38. The molecule has 0 saturated carbocycles. The van der Waals surface area contributed by atoms with Gasteiger partial charge in [-0.15, -0.1) is 0 Å². The zero-order valence-electron chi connectivity index (χ0n) is 12.3. The lowest BCUT2D eigenvalue weighted by molar-refractivity contribution is -0.130. The van der Waals surface area contributed by atoms with E-state index in [0.29, 0.717) is 6.54 Å². The molecule has 1 aliphatic rings. The molecule has 0 aromatic heterocycles. The quantitative estimate of drug-likeness (QED) is 0.937. The van der Waals surface area contributed by atoms with Crippen molar-refractivity contribution >= 4 is 11.6 Å². The number of nitrogens with one attached hydrogen (secondary N) is 1. The van der Waals surface area contributed by atoms with Gasteiger partial charge in [0.05, 0.1) is 6.54 Å². The maximum Gasteiger partial charge on any atom is 0.242 e. The van der Waals surface area contributed by atoms with Crippen LogP contribution < -0.4 is 5.32 Å². The lowest BCUT2D eigenvalue weighted by atomic mass is 10.00. The number of anilines is 1. The number of hydrogen-bond acceptors (Lipinski definition) is 2. The van der Waals surface area contributed by atoms with Gasteiger partial charge in [0.1, 0.15) is 0 Å². The molecule has 2 aromatic carbocycles. The summed E-state index contributed by atoms with van der Waals surface area (Å²) < 4.78 is 0. The maximum atomic E-state index is 12.4. The maximum absolute atomic E-state index is 12.4. The Morgan fingerprint density at radius 3 is 2.62 bits per heavy atom. The number of nitrogens with zero attached hydrogens (tertiary/aromatic N) is 1. The van der Waals surface area contributed by atoms with E-state index in [1.165, 1.54) is 11.1 Å². The van der Waals surface area contributed by atoms with Gasteiger partial charge >= 0.3 is 0 Å². The van der Waals surface area contributed by atoms with Gasteiger partial charge in [-0.05, 0) is 36.1 Å². The SMILES string of the molecule is Cc1ccccc1NCC(=O)N1CCc2ccccc2C1. The summed E-state index contributed by atoms with van der Waals surface area (Å²) in [4.78, 5) is 14.3. The molecule has 0 saturated heterocycles. The summed E-state index contributed by atoms with van der Waals surface area (Å²) in [6, 6.07) is 16.4. The van der Waals surface area contributed by atoms with Crippen LogP contribution in [-0.2, 0) is 17.8 Å². The van der Waals surface area contributed by atoms with Crippen LogP contribution in [0.15, 0.2) is 48.5 Å². The van der Waals surface area contributed by atoms with E-state index in [1.807, 2.05) is 42.2 Å². The second-order valence-electron chi connectivity index (χ2n) is 5.50. The van der Waals surface area contributed by atoms with E-state index in [2.05, 4.69) is 23.5 Å². The third-order valence-electron chi connectivity index (χ3n) is 4.06. The van der Waals surface area contributed by atoms with Crippen LogP contribution in [-0.4, -0.2) is 23.9 Å². The number of amides is 1. The van der Waals surface area contributed by atoms with E-state index >= 15 is 0 Å². The number of benzene rings is 2. The van der Waals surface area contributed by atoms with Gasteiger partial charge in [0.15, 0.2) is 0 Å². The Balaban J connectivity index is 1.61. The zero-order chi connectivity index (χ0) is 14.7. The van der Waals surface area contributed by atoms with Gasteiger partial charge in [0.2, 0.25) is 5.91 Å². The topological polar surface area (TPSA) is 32.3 Å². The third-order valence-corrected chi connectivity index (χ3v) is 4.06. The summed E-state index contributed by atoms with van der Waals surface area (Å²) >= 11 is 0. The zero-order valence-corrected chi connectivity index (χ0v) is 12.3. The highest BCUT2D eigenvalue weighted by molar-refractivity contribution is 5.81. The average Bonchev–Trinajstić information content (AvgIpc) is 2.53. The Hall–Kier alpha value is -2.29. The van der Waals surface area contributed by atoms with E-state index in [-0.39, 0.29) is 5.91 Å². The highest BCUT2D eigenvalue weighted by Crippen LogP contribution is 2.19. The largest absolute Gasteiger partial charge is 0.376 e. The molecule has 0 atom stereocenters. The Morgan fingerprint density at radius 1 is 1.10 bits per heavy atom. The normalized spacial score (nSPS) is 13.7. The van der Waals surface area contributed by atoms with Crippen LogP contribution >= 0.6 is 0 Å². The molecule has 0 spiro atoms. The number of rotatable bonds is 3. The van der Waals surface area contributed by atoms with Crippen LogP contribution in [0.4, 0.5) is 5.69 Å². The van der Waals surface area contributed by atoms with Gasteiger partial charge in [0.25, 0.3) is 0 Å². The standard InChI is InChI=1S/C18H20N2O/c1-14-6-2-5-9-17(14)19-12-18(21)20-11-10-15-7-3-4-8-16(15)13-20/h2-9,19H,10-13H2,1H3. The van der Waals surface area contributed by atoms with Crippen molar-refractivity contribution in [1.82, 2.24) is 4.90 Å². The summed E-state index contributed by atoms with van der Waals surface area (Å²) in [6.45, 7) is 3.94. The summed E-state index contributed by atoms with van der Waals surface area (Å²) in [5, 5.41) is 3.24. The van der Waals surface area contributed by atoms with Crippen LogP contribution in [0.1, 0.15) is 16.7 Å². The van der Waals surface area contributed by atoms with Crippen molar-refractivity contribution in [2.75, 3.05) is 18.4 Å². The smallest absolute Gasteiger partial charge is 0.242 e. The molecule has 0 bridgehead atoms. The first kappa shape index (κ1) is 13.7. The lowest BCUT2D eigenvalue weighted by Crippen LogP contribution is -2.39. The Morgan fingerprint density at radius 2 is 1.81 bits per heavy atom. The molecular formula is C18H20N2O. The molecular weight excluding hydrogens is 260 g/mol. The van der Waals surface area contributed by atoms with Crippen LogP contribution in [0.3, 0.4) is 0 Å². The fourth-order valence-corrected chi connectivity index (χ4v) is 2.76. The first-order chi connectivity index (χ1) is 10.2. The molecule has 3 nitrogen and oxygen atoms in total. The molecule has 0 unspecified atom stereocenters. The third kappa shape index (κ3) is 3.07. The van der Waals surface area contributed by atoms with E-state index in [4.69, 9.17) is 0 Å². The fraction of sp³-hybridized carbons (Fsp3) is 0.278. The van der Waals surface area contributed by atoms with Crippen molar-refractivity contribution < 1.29 is 4.79 Å². The van der Waals surface area contributed by atoms with Crippen LogP contribution in [0, 0.1) is 6.92 Å². The number of hydrogen-bond donors (Lipinski definition) is 1. The second-order valence-corrected chi connectivity index (χ2v) is 5.50. The summed E-state index contributed by atoms with van der Waals surface area (Å²) in [6.07, 6.45) is 0.951. The van der Waals surface area contributed by atoms with E-state index < -0.39 is 0 Å². The van der Waals surface area contributed by atoms with Crippen molar-refractivity contribution in [2.24, 2.45) is 0 Å². The van der Waals surface area contributed by atoms with E-state index in [9.17, 15) is 4.79 Å². The number of para-hydroxylation sites is 1. The summed E-state index contributed by atoms with van der Waals surface area (Å²) in [7, 11) is 0. The van der Waals surface area contributed by atoms with Crippen molar-refractivity contribution in [1.29, 1.82) is 0 Å². The fourth-order valence-electron chi connectivity index (χ4n) is 2.76. The molecule has 2 aromatic rings. The molecule has 3 heteroatoms. The van der Waals surface area contributed by atoms with Crippen LogP contribution in [0.5, 0.6) is 0 Å². The molecule has 1 amide bonds. The predicted molar refractivity (Wildman–Crippen MR) is 85.2 cm³/mol. The van der Waals surface area contributed by atoms with Crippen LogP contribution in [0.25, 0.3) is 0 Å². The van der Waals surface area contributed by atoms with Crippen molar-refractivity contribution in [3.8, 4) is 0 Å². The van der Waals surface area contributed by atoms with Crippen molar-refractivity contribution in [3.63, 3.8) is 0 Å². The minimum atomic E-state index is 0.160. The lowest BCUT2D eigenvalue weighted by Gasteiger charge is -2.29.